The van der Waals surface area contributed by atoms with Crippen molar-refractivity contribution in [3.63, 3.8) is 0 Å². The quantitative estimate of drug-likeness (QED) is 0.647. The topological polar surface area (TPSA) is 77.0 Å². The van der Waals surface area contributed by atoms with Gasteiger partial charge in [0.05, 0.1) is 0 Å². The van der Waals surface area contributed by atoms with Gasteiger partial charge in [-0.3, -0.25) is 4.79 Å². The van der Waals surface area contributed by atoms with E-state index in [1.165, 1.54) is 17.7 Å². The molecule has 3 aromatic rings. The number of hydrogen-bond acceptors (Lipinski definition) is 4. The van der Waals surface area contributed by atoms with Crippen molar-refractivity contribution in [1.29, 1.82) is 0 Å². The van der Waals surface area contributed by atoms with E-state index in [4.69, 9.17) is 17.3 Å². The molecule has 2 aromatic carbocycles. The Morgan fingerprint density at radius 2 is 1.78 bits per heavy atom. The number of carbonyl (C=O) groups excluding carboxylic acids is 1. The maximum atomic E-state index is 13.3. The molecule has 1 saturated carbocycles. The van der Waals surface area contributed by atoms with Crippen LogP contribution in [0.2, 0.25) is 5.02 Å². The molecular formula is C24H25ClFN5O. The Hall–Kier alpha value is -2.77. The van der Waals surface area contributed by atoms with Gasteiger partial charge in [0.25, 0.3) is 5.91 Å². The Kier molecular flexibility index (Phi) is 5.47. The second kappa shape index (κ2) is 8.30. The maximum Gasteiger partial charge on any atom is 0.292 e. The molecule has 6 nitrogen and oxygen atoms in total. The molecule has 166 valence electrons. The van der Waals surface area contributed by atoms with Crippen LogP contribution in [0, 0.1) is 5.82 Å². The van der Waals surface area contributed by atoms with Gasteiger partial charge in [0.15, 0.2) is 5.82 Å². The van der Waals surface area contributed by atoms with Gasteiger partial charge >= 0.3 is 0 Å². The van der Waals surface area contributed by atoms with Crippen molar-refractivity contribution >= 4 is 17.5 Å². The van der Waals surface area contributed by atoms with Gasteiger partial charge < -0.3 is 15.2 Å². The Bertz CT molecular complexity index is 1140. The van der Waals surface area contributed by atoms with Crippen molar-refractivity contribution in [2.75, 3.05) is 13.1 Å². The minimum absolute atomic E-state index is 0.0925. The smallest absolute Gasteiger partial charge is 0.292 e. The molecule has 2 N–H and O–H groups in total. The van der Waals surface area contributed by atoms with Crippen LogP contribution >= 0.6 is 11.6 Å². The second-order valence-electron chi connectivity index (χ2n) is 8.73. The molecule has 8 heteroatoms. The molecule has 1 aliphatic carbocycles. The lowest BCUT2D eigenvalue weighted by molar-refractivity contribution is 0.0523. The van der Waals surface area contributed by atoms with Gasteiger partial charge in [-0.2, -0.15) is 0 Å². The number of aromatic nitrogens is 3. The molecule has 1 amide bonds. The SMILES string of the molecule is NCC1(c2cccc(Cl)c2)CCC(N2CCn3c(nnc3-c3ccc(F)cc3)C2=O)CC1. The summed E-state index contributed by atoms with van der Waals surface area (Å²) in [6, 6.07) is 14.2. The first-order valence-corrected chi connectivity index (χ1v) is 11.3. The Morgan fingerprint density at radius 1 is 1.06 bits per heavy atom. The zero-order valence-electron chi connectivity index (χ0n) is 17.7. The summed E-state index contributed by atoms with van der Waals surface area (Å²) in [5.41, 5.74) is 8.06. The normalized spacial score (nSPS) is 23.3. The lowest BCUT2D eigenvalue weighted by atomic mass is 9.68. The summed E-state index contributed by atoms with van der Waals surface area (Å²) < 4.78 is 15.1. The highest BCUT2D eigenvalue weighted by Gasteiger charge is 2.40. The maximum absolute atomic E-state index is 13.3. The molecule has 0 atom stereocenters. The third-order valence-corrected chi connectivity index (χ3v) is 7.29. The fraction of sp³-hybridized carbons (Fsp3) is 0.375. The second-order valence-corrected chi connectivity index (χ2v) is 9.17. The van der Waals surface area contributed by atoms with Gasteiger partial charge in [-0.15, -0.1) is 10.2 Å². The molecule has 0 bridgehead atoms. The fourth-order valence-electron chi connectivity index (χ4n) is 5.17. The summed E-state index contributed by atoms with van der Waals surface area (Å²) in [4.78, 5) is 15.2. The molecule has 0 unspecified atom stereocenters. The number of hydrogen-bond donors (Lipinski definition) is 1. The summed E-state index contributed by atoms with van der Waals surface area (Å²) in [7, 11) is 0. The van der Waals surface area contributed by atoms with Crippen molar-refractivity contribution in [1.82, 2.24) is 19.7 Å². The van der Waals surface area contributed by atoms with Crippen LogP contribution in [0.3, 0.4) is 0 Å². The zero-order chi connectivity index (χ0) is 22.3. The van der Waals surface area contributed by atoms with Crippen molar-refractivity contribution in [3.8, 4) is 11.4 Å². The van der Waals surface area contributed by atoms with Gasteiger partial charge in [0.2, 0.25) is 5.82 Å². The van der Waals surface area contributed by atoms with E-state index < -0.39 is 0 Å². The minimum Gasteiger partial charge on any atom is -0.331 e. The molecule has 0 spiro atoms. The van der Waals surface area contributed by atoms with Crippen LogP contribution in [0.4, 0.5) is 4.39 Å². The van der Waals surface area contributed by atoms with E-state index in [1.807, 2.05) is 27.7 Å². The summed E-state index contributed by atoms with van der Waals surface area (Å²) in [6.45, 7) is 1.78. The lowest BCUT2D eigenvalue weighted by Gasteiger charge is -2.44. The van der Waals surface area contributed by atoms with Crippen molar-refractivity contribution < 1.29 is 9.18 Å². The monoisotopic (exact) mass is 453 g/mol. The standard InChI is InChI=1S/C24H25ClFN5O/c25-18-3-1-2-17(14-18)24(15-27)10-8-20(9-11-24)30-12-13-31-21(28-29-22(31)23(30)32)16-4-6-19(26)7-5-16/h1-7,14,20H,8-13,15,27H2. The number of nitrogens with zero attached hydrogens (tertiary/aromatic N) is 4. The van der Waals surface area contributed by atoms with E-state index in [-0.39, 0.29) is 23.2 Å². The van der Waals surface area contributed by atoms with E-state index >= 15 is 0 Å². The molecule has 0 saturated heterocycles. The van der Waals surface area contributed by atoms with Crippen LogP contribution in [0.1, 0.15) is 41.9 Å². The van der Waals surface area contributed by atoms with Crippen molar-refractivity contribution in [2.24, 2.45) is 5.73 Å². The summed E-state index contributed by atoms with van der Waals surface area (Å²) >= 11 is 6.23. The lowest BCUT2D eigenvalue weighted by Crippen LogP contribution is -2.50. The van der Waals surface area contributed by atoms with Gasteiger partial charge in [0, 0.05) is 41.7 Å². The van der Waals surface area contributed by atoms with Crippen LogP contribution in [-0.2, 0) is 12.0 Å². The van der Waals surface area contributed by atoms with Gasteiger partial charge in [-0.05, 0) is 67.6 Å². The minimum atomic E-state index is -0.307. The predicted octanol–water partition coefficient (Wildman–Crippen LogP) is 4.03. The highest BCUT2D eigenvalue weighted by Crippen LogP contribution is 2.41. The average Bonchev–Trinajstić information content (AvgIpc) is 3.25. The third kappa shape index (κ3) is 3.59. The largest absolute Gasteiger partial charge is 0.331 e. The first-order chi connectivity index (χ1) is 15.5. The van der Waals surface area contributed by atoms with Gasteiger partial charge in [-0.1, -0.05) is 23.7 Å². The average molecular weight is 454 g/mol. The zero-order valence-corrected chi connectivity index (χ0v) is 18.4. The highest BCUT2D eigenvalue weighted by atomic mass is 35.5. The number of halogens is 2. The third-order valence-electron chi connectivity index (χ3n) is 7.05. The highest BCUT2D eigenvalue weighted by molar-refractivity contribution is 6.30. The Labute approximate surface area is 191 Å². The van der Waals surface area contributed by atoms with E-state index in [2.05, 4.69) is 16.3 Å². The van der Waals surface area contributed by atoms with Crippen LogP contribution in [0.15, 0.2) is 48.5 Å². The fourth-order valence-corrected chi connectivity index (χ4v) is 5.36. The Balaban J connectivity index is 1.33. The first kappa shape index (κ1) is 21.1. The van der Waals surface area contributed by atoms with E-state index in [9.17, 15) is 9.18 Å². The Morgan fingerprint density at radius 3 is 2.47 bits per heavy atom. The predicted molar refractivity (Wildman–Crippen MR) is 121 cm³/mol. The van der Waals surface area contributed by atoms with E-state index in [0.29, 0.717) is 31.3 Å². The van der Waals surface area contributed by atoms with Crippen molar-refractivity contribution in [3.05, 3.63) is 70.8 Å². The van der Waals surface area contributed by atoms with Crippen LogP contribution in [0.5, 0.6) is 0 Å². The van der Waals surface area contributed by atoms with E-state index in [0.717, 1.165) is 36.3 Å². The number of carbonyl (C=O) groups is 1. The summed E-state index contributed by atoms with van der Waals surface area (Å²) in [5.74, 6) is 0.545. The van der Waals surface area contributed by atoms with Gasteiger partial charge in [-0.25, -0.2) is 4.39 Å². The van der Waals surface area contributed by atoms with Crippen LogP contribution < -0.4 is 5.73 Å². The summed E-state index contributed by atoms with van der Waals surface area (Å²) in [5, 5.41) is 9.13. The number of benzene rings is 2. The molecule has 32 heavy (non-hydrogen) atoms. The van der Waals surface area contributed by atoms with E-state index in [1.54, 1.807) is 12.1 Å². The van der Waals surface area contributed by atoms with Crippen molar-refractivity contribution in [2.45, 2.75) is 43.7 Å². The van der Waals surface area contributed by atoms with Gasteiger partial charge in [0.1, 0.15) is 5.82 Å². The molecule has 5 rings (SSSR count). The first-order valence-electron chi connectivity index (χ1n) is 11.0. The number of nitrogens with two attached hydrogens (primary N) is 1. The molecular weight excluding hydrogens is 429 g/mol. The molecule has 1 fully saturated rings. The molecule has 2 heterocycles. The molecule has 1 aliphatic heterocycles. The molecule has 2 aliphatic rings. The number of amides is 1. The molecule has 0 radical (unpaired) electrons. The van der Waals surface area contributed by atoms with Crippen LogP contribution in [0.25, 0.3) is 11.4 Å². The van der Waals surface area contributed by atoms with Crippen LogP contribution in [-0.4, -0.2) is 44.7 Å². The summed E-state index contributed by atoms with van der Waals surface area (Å²) in [6.07, 6.45) is 3.58. The number of fused-ring (bicyclic) bond motifs is 1. The number of rotatable bonds is 4. The molecule has 1 aromatic heterocycles.